The number of aromatic nitrogens is 2. The van der Waals surface area contributed by atoms with E-state index < -0.39 is 0 Å². The topological polar surface area (TPSA) is 61.8 Å². The van der Waals surface area contributed by atoms with Crippen molar-refractivity contribution in [2.45, 2.75) is 20.3 Å². The fourth-order valence-electron chi connectivity index (χ4n) is 2.74. The second-order valence-corrected chi connectivity index (χ2v) is 5.51. The van der Waals surface area contributed by atoms with Crippen LogP contribution in [0.15, 0.2) is 36.7 Å². The minimum absolute atomic E-state index is 0.614. The molecule has 5 heteroatoms. The summed E-state index contributed by atoms with van der Waals surface area (Å²) in [6.07, 6.45) is 4.63. The summed E-state index contributed by atoms with van der Waals surface area (Å²) in [5.41, 5.74) is 10.8. The molecule has 0 saturated heterocycles. The molecule has 0 bridgehead atoms. The Morgan fingerprint density at radius 1 is 1.17 bits per heavy atom. The number of hydrogen-bond donors (Lipinski definition) is 1. The van der Waals surface area contributed by atoms with Crippen LogP contribution in [0.4, 0.5) is 5.69 Å². The van der Waals surface area contributed by atoms with Gasteiger partial charge in [0.05, 0.1) is 19.4 Å². The Bertz CT molecular complexity index is 840. The molecule has 0 atom stereocenters. The average Bonchev–Trinajstić information content (AvgIpc) is 2.91. The molecule has 0 saturated carbocycles. The van der Waals surface area contributed by atoms with E-state index in [4.69, 9.17) is 20.2 Å². The molecule has 0 unspecified atom stereocenters. The van der Waals surface area contributed by atoms with E-state index in [1.54, 1.807) is 7.11 Å². The molecule has 2 aromatic heterocycles. The number of methoxy groups -OCH3 is 1. The molecule has 0 spiro atoms. The van der Waals surface area contributed by atoms with E-state index >= 15 is 0 Å². The molecule has 5 nitrogen and oxygen atoms in total. The lowest BCUT2D eigenvalue weighted by Gasteiger charge is -2.10. The van der Waals surface area contributed by atoms with Crippen LogP contribution in [0.1, 0.15) is 23.7 Å². The molecule has 2 heterocycles. The first-order valence-corrected chi connectivity index (χ1v) is 7.64. The highest BCUT2D eigenvalue weighted by atomic mass is 16.5. The van der Waals surface area contributed by atoms with E-state index in [0.717, 1.165) is 46.1 Å². The van der Waals surface area contributed by atoms with Crippen molar-refractivity contribution in [3.05, 3.63) is 53.5 Å². The molecule has 0 amide bonds. The molecular weight excluding hydrogens is 290 g/mol. The number of pyridine rings is 1. The lowest BCUT2D eigenvalue weighted by Crippen LogP contribution is -1.97. The molecule has 2 N–H and O–H groups in total. The van der Waals surface area contributed by atoms with Gasteiger partial charge in [-0.1, -0.05) is 6.07 Å². The van der Waals surface area contributed by atoms with E-state index in [0.29, 0.717) is 6.61 Å². The summed E-state index contributed by atoms with van der Waals surface area (Å²) in [5.74, 6) is 1.51. The minimum atomic E-state index is 0.614. The van der Waals surface area contributed by atoms with Crippen LogP contribution >= 0.6 is 0 Å². The lowest BCUT2D eigenvalue weighted by molar-refractivity contribution is 0.310. The normalized spacial score (nSPS) is 10.9. The Hall–Kier alpha value is -2.69. The number of nitrogens with two attached hydrogens (primary N) is 1. The summed E-state index contributed by atoms with van der Waals surface area (Å²) in [7, 11) is 1.65. The Labute approximate surface area is 135 Å². The van der Waals surface area contributed by atoms with Gasteiger partial charge in [0.25, 0.3) is 0 Å². The van der Waals surface area contributed by atoms with E-state index in [2.05, 4.69) is 0 Å². The number of aryl methyl sites for hydroxylation is 1. The van der Waals surface area contributed by atoms with Crippen LogP contribution < -0.4 is 15.2 Å². The number of hydrogen-bond acceptors (Lipinski definition) is 4. The molecule has 23 heavy (non-hydrogen) atoms. The van der Waals surface area contributed by atoms with Gasteiger partial charge in [0.1, 0.15) is 5.65 Å². The number of anilines is 1. The first-order valence-electron chi connectivity index (χ1n) is 7.64. The van der Waals surface area contributed by atoms with Gasteiger partial charge in [-0.25, -0.2) is 4.98 Å². The molecule has 3 aromatic rings. The average molecular weight is 311 g/mol. The van der Waals surface area contributed by atoms with Gasteiger partial charge in [-0.2, -0.15) is 0 Å². The van der Waals surface area contributed by atoms with Crippen LogP contribution in [0.25, 0.3) is 5.65 Å². The van der Waals surface area contributed by atoms with Crippen LogP contribution in [-0.4, -0.2) is 23.1 Å². The summed E-state index contributed by atoms with van der Waals surface area (Å²) in [6.45, 7) is 4.59. The zero-order valence-electron chi connectivity index (χ0n) is 13.7. The molecule has 1 aromatic carbocycles. The SMILES string of the molecule is CCOc1ccc(Cc2cn3cc(N)cc(C)c3n2)cc1OC. The third-order valence-corrected chi connectivity index (χ3v) is 3.72. The van der Waals surface area contributed by atoms with Crippen LogP contribution in [0.2, 0.25) is 0 Å². The van der Waals surface area contributed by atoms with E-state index in [-0.39, 0.29) is 0 Å². The van der Waals surface area contributed by atoms with Gasteiger partial charge in [-0.05, 0) is 43.2 Å². The fourth-order valence-corrected chi connectivity index (χ4v) is 2.74. The highest BCUT2D eigenvalue weighted by Gasteiger charge is 2.09. The second kappa shape index (κ2) is 6.20. The van der Waals surface area contributed by atoms with Gasteiger partial charge in [-0.3, -0.25) is 0 Å². The standard InChI is InChI=1S/C18H21N3O2/c1-4-23-16-6-5-13(9-17(16)22-3)8-15-11-21-10-14(19)7-12(2)18(21)20-15/h5-7,9-11H,4,8,19H2,1-3H3. The largest absolute Gasteiger partial charge is 0.493 e. The molecule has 0 aliphatic carbocycles. The fraction of sp³-hybridized carbons (Fsp3) is 0.278. The van der Waals surface area contributed by atoms with Crippen molar-refractivity contribution in [1.82, 2.24) is 9.38 Å². The highest BCUT2D eigenvalue weighted by Crippen LogP contribution is 2.29. The monoisotopic (exact) mass is 311 g/mol. The maximum atomic E-state index is 5.89. The number of ether oxygens (including phenoxy) is 2. The zero-order valence-corrected chi connectivity index (χ0v) is 13.7. The molecular formula is C18H21N3O2. The van der Waals surface area contributed by atoms with Crippen LogP contribution in [0.5, 0.6) is 11.5 Å². The molecule has 120 valence electrons. The van der Waals surface area contributed by atoms with Gasteiger partial charge >= 0.3 is 0 Å². The van der Waals surface area contributed by atoms with E-state index in [9.17, 15) is 0 Å². The van der Waals surface area contributed by atoms with Crippen LogP contribution in [-0.2, 0) is 6.42 Å². The molecule has 3 rings (SSSR count). The maximum absolute atomic E-state index is 5.89. The number of imidazole rings is 1. The number of fused-ring (bicyclic) bond motifs is 1. The highest BCUT2D eigenvalue weighted by molar-refractivity contribution is 5.55. The predicted molar refractivity (Wildman–Crippen MR) is 91.3 cm³/mol. The summed E-state index contributed by atoms with van der Waals surface area (Å²) >= 11 is 0. The van der Waals surface area contributed by atoms with E-state index in [1.807, 2.05) is 54.9 Å². The molecule has 0 aliphatic rings. The third kappa shape index (κ3) is 3.08. The Morgan fingerprint density at radius 2 is 2.00 bits per heavy atom. The van der Waals surface area contributed by atoms with Gasteiger partial charge in [0.2, 0.25) is 0 Å². The smallest absolute Gasteiger partial charge is 0.161 e. The predicted octanol–water partition coefficient (Wildman–Crippen LogP) is 3.22. The number of nitrogens with zero attached hydrogens (tertiary/aromatic N) is 2. The second-order valence-electron chi connectivity index (χ2n) is 5.51. The summed E-state index contributed by atoms with van der Waals surface area (Å²) < 4.78 is 12.9. The van der Waals surface area contributed by atoms with Crippen molar-refractivity contribution in [2.24, 2.45) is 0 Å². The van der Waals surface area contributed by atoms with Gasteiger partial charge in [0, 0.05) is 24.5 Å². The van der Waals surface area contributed by atoms with Gasteiger partial charge in [0.15, 0.2) is 11.5 Å². The Balaban J connectivity index is 1.91. The first kappa shape index (κ1) is 15.2. The Kier molecular flexibility index (Phi) is 4.10. The quantitative estimate of drug-likeness (QED) is 0.786. The summed E-state index contributed by atoms with van der Waals surface area (Å²) in [5, 5.41) is 0. The maximum Gasteiger partial charge on any atom is 0.161 e. The minimum Gasteiger partial charge on any atom is -0.493 e. The zero-order chi connectivity index (χ0) is 16.4. The molecule has 0 radical (unpaired) electrons. The number of nitrogen functional groups attached to an aromatic ring is 1. The third-order valence-electron chi connectivity index (χ3n) is 3.72. The Morgan fingerprint density at radius 3 is 2.74 bits per heavy atom. The van der Waals surface area contributed by atoms with Crippen molar-refractivity contribution < 1.29 is 9.47 Å². The van der Waals surface area contributed by atoms with Crippen molar-refractivity contribution in [1.29, 1.82) is 0 Å². The van der Waals surface area contributed by atoms with Crippen molar-refractivity contribution >= 4 is 11.3 Å². The number of benzene rings is 1. The molecule has 0 aliphatic heterocycles. The number of rotatable bonds is 5. The van der Waals surface area contributed by atoms with Crippen LogP contribution in [0.3, 0.4) is 0 Å². The summed E-state index contributed by atoms with van der Waals surface area (Å²) in [4.78, 5) is 4.70. The first-order chi connectivity index (χ1) is 11.1. The summed E-state index contributed by atoms with van der Waals surface area (Å²) in [6, 6.07) is 7.91. The van der Waals surface area contributed by atoms with Gasteiger partial charge < -0.3 is 19.6 Å². The van der Waals surface area contributed by atoms with Gasteiger partial charge in [-0.15, -0.1) is 0 Å². The van der Waals surface area contributed by atoms with Crippen molar-refractivity contribution in [2.75, 3.05) is 19.5 Å². The van der Waals surface area contributed by atoms with Crippen LogP contribution in [0, 0.1) is 6.92 Å². The van der Waals surface area contributed by atoms with E-state index in [1.165, 1.54) is 0 Å². The van der Waals surface area contributed by atoms with Crippen molar-refractivity contribution in [3.63, 3.8) is 0 Å². The van der Waals surface area contributed by atoms with Crippen molar-refractivity contribution in [3.8, 4) is 11.5 Å². The molecule has 0 fully saturated rings. The lowest BCUT2D eigenvalue weighted by atomic mass is 10.1.